The molecule has 41 heavy (non-hydrogen) atoms. The molecule has 0 radical (unpaired) electrons. The van der Waals surface area contributed by atoms with Crippen molar-refractivity contribution in [2.45, 2.75) is 187 Å². The molecule has 0 heterocycles. The maximum Gasteiger partial charge on any atom is 0.305 e. The zero-order valence-corrected chi connectivity index (χ0v) is 33.7. The number of unbranched alkanes of at least 4 members (excludes halogenated alkanes) is 4. The van der Waals surface area contributed by atoms with E-state index in [0.29, 0.717) is 6.42 Å². The molecule has 0 amide bonds. The second kappa shape index (κ2) is 19.5. The summed E-state index contributed by atoms with van der Waals surface area (Å²) in [5.74, 6) is -0.152. The number of esters is 1. The fourth-order valence-corrected chi connectivity index (χ4v) is 9.82. The van der Waals surface area contributed by atoms with Crippen LogP contribution in [0.1, 0.15) is 84.0 Å². The Balaban J connectivity index is 5.45. The van der Waals surface area contributed by atoms with E-state index in [9.17, 15) is 4.79 Å². The summed E-state index contributed by atoms with van der Waals surface area (Å²) in [7, 11) is -5.49. The standard InChI is InChI=1S/C31H70O6Si4/c1-15-16-18-22-27(34-38(3,4)5)28(35-39(6,7)8)23-19-17-20-24-29(36-40(9,10)11)30(37-41(12,13)14)25-21-26-31(32)33-2/h27-30H,15-26H2,1-14H3. The van der Waals surface area contributed by atoms with Crippen molar-refractivity contribution in [1.82, 2.24) is 0 Å². The maximum atomic E-state index is 11.8. The van der Waals surface area contributed by atoms with Gasteiger partial charge in [0.15, 0.2) is 33.3 Å². The molecule has 6 nitrogen and oxygen atoms in total. The zero-order valence-electron chi connectivity index (χ0n) is 29.7. The Morgan fingerprint density at radius 1 is 0.488 bits per heavy atom. The molecule has 0 aromatic heterocycles. The second-order valence-electron chi connectivity index (χ2n) is 15.7. The van der Waals surface area contributed by atoms with Crippen LogP contribution in [-0.4, -0.2) is 70.8 Å². The highest BCUT2D eigenvalue weighted by Gasteiger charge is 2.33. The van der Waals surface area contributed by atoms with Gasteiger partial charge in [-0.25, -0.2) is 0 Å². The highest BCUT2D eigenvalue weighted by molar-refractivity contribution is 6.71. The number of methoxy groups -OCH3 is 1. The minimum Gasteiger partial charge on any atom is -0.469 e. The van der Waals surface area contributed by atoms with Crippen molar-refractivity contribution >= 4 is 39.2 Å². The molecular weight excluding hydrogens is 581 g/mol. The van der Waals surface area contributed by atoms with Crippen LogP contribution in [0.15, 0.2) is 0 Å². The number of ether oxygens (including phenoxy) is 1. The minimum atomic E-state index is -1.79. The van der Waals surface area contributed by atoms with E-state index in [2.05, 4.69) is 85.5 Å². The van der Waals surface area contributed by atoms with Crippen molar-refractivity contribution in [3.8, 4) is 0 Å². The van der Waals surface area contributed by atoms with Gasteiger partial charge in [0.25, 0.3) is 0 Å². The maximum absolute atomic E-state index is 11.8. The lowest BCUT2D eigenvalue weighted by atomic mass is 9.98. The van der Waals surface area contributed by atoms with Crippen molar-refractivity contribution in [2.75, 3.05) is 7.11 Å². The van der Waals surface area contributed by atoms with E-state index < -0.39 is 33.3 Å². The van der Waals surface area contributed by atoms with Crippen molar-refractivity contribution in [3.63, 3.8) is 0 Å². The number of carbonyl (C=O) groups is 1. The quantitative estimate of drug-likeness (QED) is 0.0589. The van der Waals surface area contributed by atoms with Gasteiger partial charge in [0, 0.05) is 6.42 Å². The van der Waals surface area contributed by atoms with Crippen LogP contribution in [0.3, 0.4) is 0 Å². The topological polar surface area (TPSA) is 63.2 Å². The monoisotopic (exact) mass is 650 g/mol. The molecule has 0 fully saturated rings. The largest absolute Gasteiger partial charge is 0.469 e. The first-order valence-corrected chi connectivity index (χ1v) is 30.1. The summed E-state index contributed by atoms with van der Waals surface area (Å²) in [5.41, 5.74) is 0. The molecule has 0 bridgehead atoms. The molecule has 0 rings (SSSR count). The number of carbonyl (C=O) groups excluding carboxylic acids is 1. The van der Waals surface area contributed by atoms with Crippen LogP contribution in [0.4, 0.5) is 0 Å². The van der Waals surface area contributed by atoms with E-state index in [1.807, 2.05) is 0 Å². The van der Waals surface area contributed by atoms with Gasteiger partial charge in [-0.1, -0.05) is 45.4 Å². The van der Waals surface area contributed by atoms with E-state index >= 15 is 0 Å². The number of hydrogen-bond donors (Lipinski definition) is 0. The van der Waals surface area contributed by atoms with E-state index in [0.717, 1.165) is 51.4 Å². The van der Waals surface area contributed by atoms with Gasteiger partial charge in [-0.15, -0.1) is 0 Å². The Labute approximate surface area is 259 Å². The van der Waals surface area contributed by atoms with Gasteiger partial charge in [-0.3, -0.25) is 4.79 Å². The van der Waals surface area contributed by atoms with Crippen LogP contribution < -0.4 is 0 Å². The molecule has 0 aromatic carbocycles. The normalized spacial score (nSPS) is 16.3. The molecule has 0 aliphatic heterocycles. The molecule has 0 aromatic rings. The van der Waals surface area contributed by atoms with Crippen LogP contribution in [0.25, 0.3) is 0 Å². The fraction of sp³-hybridized carbons (Fsp3) is 0.968. The average molecular weight is 651 g/mol. The van der Waals surface area contributed by atoms with Crippen molar-refractivity contribution in [3.05, 3.63) is 0 Å². The van der Waals surface area contributed by atoms with Crippen molar-refractivity contribution < 1.29 is 27.2 Å². The van der Waals surface area contributed by atoms with E-state index in [4.69, 9.17) is 22.4 Å². The van der Waals surface area contributed by atoms with Gasteiger partial charge < -0.3 is 22.4 Å². The summed E-state index contributed by atoms with van der Waals surface area (Å²) in [6.07, 6.45) is 12.7. The molecule has 4 unspecified atom stereocenters. The van der Waals surface area contributed by atoms with Crippen LogP contribution in [0, 0.1) is 0 Å². The fourth-order valence-electron chi connectivity index (χ4n) is 5.11. The number of hydrogen-bond acceptors (Lipinski definition) is 6. The van der Waals surface area contributed by atoms with Crippen LogP contribution in [0.2, 0.25) is 78.6 Å². The van der Waals surface area contributed by atoms with Gasteiger partial charge in [-0.05, 0) is 111 Å². The second-order valence-corrected chi connectivity index (χ2v) is 33.5. The first-order valence-electron chi connectivity index (χ1n) is 16.4. The molecule has 0 aliphatic rings. The van der Waals surface area contributed by atoms with Crippen molar-refractivity contribution in [1.29, 1.82) is 0 Å². The minimum absolute atomic E-state index is 0.0223. The Bertz CT molecular complexity index is 695. The average Bonchev–Trinajstić information content (AvgIpc) is 2.78. The molecule has 0 N–H and O–H groups in total. The molecule has 246 valence electrons. The van der Waals surface area contributed by atoms with E-state index in [-0.39, 0.29) is 30.4 Å². The van der Waals surface area contributed by atoms with Gasteiger partial charge in [0.2, 0.25) is 0 Å². The molecule has 4 atom stereocenters. The summed E-state index contributed by atoms with van der Waals surface area (Å²) in [6, 6.07) is 0. The Hall–Kier alpha value is 0.178. The lowest BCUT2D eigenvalue weighted by molar-refractivity contribution is -0.140. The lowest BCUT2D eigenvalue weighted by Crippen LogP contribution is -2.45. The van der Waals surface area contributed by atoms with E-state index in [1.54, 1.807) is 0 Å². The van der Waals surface area contributed by atoms with Crippen LogP contribution >= 0.6 is 0 Å². The van der Waals surface area contributed by atoms with Gasteiger partial charge >= 0.3 is 5.97 Å². The third kappa shape index (κ3) is 24.2. The first-order chi connectivity index (χ1) is 18.7. The highest BCUT2D eigenvalue weighted by atomic mass is 28.4. The predicted molar refractivity (Wildman–Crippen MR) is 186 cm³/mol. The summed E-state index contributed by atoms with van der Waals surface area (Å²) in [5, 5.41) is 0. The van der Waals surface area contributed by atoms with Crippen LogP contribution in [-0.2, 0) is 27.2 Å². The first kappa shape index (κ1) is 41.2. The highest BCUT2D eigenvalue weighted by Crippen LogP contribution is 2.28. The molecule has 10 heteroatoms. The summed E-state index contributed by atoms with van der Waals surface area (Å²) in [4.78, 5) is 11.8. The third-order valence-electron chi connectivity index (χ3n) is 6.52. The molecule has 0 spiro atoms. The Morgan fingerprint density at radius 3 is 1.05 bits per heavy atom. The SMILES string of the molecule is CCCCCC(O[Si](C)(C)C)C(CCCCCC(O[Si](C)(C)C)C(CCCC(=O)OC)O[Si](C)(C)C)O[Si](C)(C)C. The Kier molecular flexibility index (Phi) is 19.6. The summed E-state index contributed by atoms with van der Waals surface area (Å²) >= 11 is 0. The van der Waals surface area contributed by atoms with Crippen LogP contribution in [0.5, 0.6) is 0 Å². The lowest BCUT2D eigenvalue weighted by Gasteiger charge is -2.37. The summed E-state index contributed by atoms with van der Waals surface area (Å²) < 4.78 is 31.9. The predicted octanol–water partition coefficient (Wildman–Crippen LogP) is 9.74. The van der Waals surface area contributed by atoms with Gasteiger partial charge in [0.1, 0.15) is 0 Å². The van der Waals surface area contributed by atoms with Crippen molar-refractivity contribution in [2.24, 2.45) is 0 Å². The molecule has 0 saturated carbocycles. The number of rotatable bonds is 24. The van der Waals surface area contributed by atoms with Gasteiger partial charge in [-0.2, -0.15) is 0 Å². The molecular formula is C31H70O6Si4. The smallest absolute Gasteiger partial charge is 0.305 e. The Morgan fingerprint density at radius 2 is 0.780 bits per heavy atom. The zero-order chi connectivity index (χ0) is 31.9. The van der Waals surface area contributed by atoms with Gasteiger partial charge in [0.05, 0.1) is 31.5 Å². The third-order valence-corrected chi connectivity index (χ3v) is 10.6. The summed E-state index contributed by atoms with van der Waals surface area (Å²) in [6.45, 7) is 29.6. The molecule has 0 saturated heterocycles. The van der Waals surface area contributed by atoms with E-state index in [1.165, 1.54) is 26.4 Å². The molecule has 0 aliphatic carbocycles.